The van der Waals surface area contributed by atoms with E-state index < -0.39 is 28.4 Å². The van der Waals surface area contributed by atoms with E-state index in [1.165, 1.54) is 36.4 Å². The topological polar surface area (TPSA) is 119 Å². The molecule has 0 saturated carbocycles. The molecule has 0 spiro atoms. The molecule has 1 heterocycles. The largest absolute Gasteiger partial charge is 0.416 e. The number of hydrogen-bond acceptors (Lipinski definition) is 7. The van der Waals surface area contributed by atoms with Crippen molar-refractivity contribution in [3.8, 4) is 5.75 Å². The van der Waals surface area contributed by atoms with Crippen molar-refractivity contribution in [3.63, 3.8) is 0 Å². The van der Waals surface area contributed by atoms with Gasteiger partial charge in [0.25, 0.3) is 11.8 Å². The van der Waals surface area contributed by atoms with Gasteiger partial charge < -0.3 is 4.74 Å². The van der Waals surface area contributed by atoms with Crippen molar-refractivity contribution < 1.29 is 24.0 Å². The van der Waals surface area contributed by atoms with E-state index in [1.807, 2.05) is 0 Å². The molecule has 0 N–H and O–H groups in total. The molecule has 0 radical (unpaired) electrons. The number of hydrazone groups is 1. The molecule has 9 heteroatoms. The van der Waals surface area contributed by atoms with E-state index in [9.17, 15) is 24.5 Å². The third-order valence-corrected chi connectivity index (χ3v) is 4.49. The van der Waals surface area contributed by atoms with Crippen molar-refractivity contribution in [3.05, 3.63) is 105 Å². The van der Waals surface area contributed by atoms with Crippen LogP contribution >= 0.6 is 0 Å². The first kappa shape index (κ1) is 19.6. The maximum Gasteiger partial charge on any atom is 0.343 e. The molecule has 3 aromatic rings. The number of amides is 2. The van der Waals surface area contributed by atoms with Crippen molar-refractivity contribution in [2.24, 2.45) is 5.10 Å². The molecule has 1 aliphatic rings. The molecule has 0 aliphatic carbocycles. The number of esters is 1. The van der Waals surface area contributed by atoms with Crippen LogP contribution in [0, 0.1) is 10.1 Å². The predicted octanol–water partition coefficient (Wildman–Crippen LogP) is 3.44. The van der Waals surface area contributed by atoms with E-state index in [-0.39, 0.29) is 28.0 Å². The molecule has 0 atom stereocenters. The van der Waals surface area contributed by atoms with Crippen molar-refractivity contribution in [2.45, 2.75) is 0 Å². The molecule has 0 bridgehead atoms. The highest BCUT2D eigenvalue weighted by Gasteiger charge is 2.35. The molecule has 0 aromatic heterocycles. The molecule has 4 rings (SSSR count). The first-order valence-electron chi connectivity index (χ1n) is 9.03. The Morgan fingerprint density at radius 3 is 2.16 bits per heavy atom. The quantitative estimate of drug-likeness (QED) is 0.157. The van der Waals surface area contributed by atoms with Gasteiger partial charge in [-0.25, -0.2) is 4.79 Å². The molecule has 31 heavy (non-hydrogen) atoms. The van der Waals surface area contributed by atoms with Gasteiger partial charge in [0.05, 0.1) is 27.8 Å². The number of carbonyl (C=O) groups is 3. The van der Waals surface area contributed by atoms with Crippen LogP contribution in [0.4, 0.5) is 5.69 Å². The number of fused-ring (bicyclic) bond motifs is 1. The third-order valence-electron chi connectivity index (χ3n) is 4.49. The Morgan fingerprint density at radius 1 is 0.935 bits per heavy atom. The van der Waals surface area contributed by atoms with Crippen LogP contribution in [0.25, 0.3) is 0 Å². The van der Waals surface area contributed by atoms with Crippen molar-refractivity contribution >= 4 is 29.7 Å². The number of benzene rings is 3. The van der Waals surface area contributed by atoms with Crippen molar-refractivity contribution in [2.75, 3.05) is 0 Å². The van der Waals surface area contributed by atoms with Gasteiger partial charge in [0.1, 0.15) is 0 Å². The Hall–Kier alpha value is -4.66. The highest BCUT2D eigenvalue weighted by molar-refractivity contribution is 6.21. The zero-order valence-electron chi connectivity index (χ0n) is 15.8. The highest BCUT2D eigenvalue weighted by atomic mass is 16.6. The smallest absolute Gasteiger partial charge is 0.343 e. The Labute approximate surface area is 175 Å². The summed E-state index contributed by atoms with van der Waals surface area (Å²) in [5, 5.41) is 16.0. The second-order valence-corrected chi connectivity index (χ2v) is 6.45. The number of carbonyl (C=O) groups excluding carboxylic acids is 3. The van der Waals surface area contributed by atoms with Gasteiger partial charge in [-0.2, -0.15) is 10.1 Å². The maximum atomic E-state index is 12.3. The van der Waals surface area contributed by atoms with Crippen LogP contribution in [0.2, 0.25) is 0 Å². The van der Waals surface area contributed by atoms with E-state index in [1.54, 1.807) is 30.3 Å². The highest BCUT2D eigenvalue weighted by Crippen LogP contribution is 2.29. The summed E-state index contributed by atoms with van der Waals surface area (Å²) >= 11 is 0. The molecular formula is C22H13N3O6. The number of nitro groups is 1. The van der Waals surface area contributed by atoms with Gasteiger partial charge in [0, 0.05) is 11.6 Å². The normalized spacial score (nSPS) is 12.8. The summed E-state index contributed by atoms with van der Waals surface area (Å²) in [4.78, 5) is 47.6. The number of rotatable bonds is 5. The number of hydrogen-bond donors (Lipinski definition) is 0. The van der Waals surface area contributed by atoms with Crippen LogP contribution < -0.4 is 4.74 Å². The molecule has 0 fully saturated rings. The lowest BCUT2D eigenvalue weighted by molar-refractivity contribution is -0.385. The van der Waals surface area contributed by atoms with E-state index in [2.05, 4.69) is 5.10 Å². The first-order chi connectivity index (χ1) is 15.0. The van der Waals surface area contributed by atoms with Gasteiger partial charge in [0.15, 0.2) is 0 Å². The van der Waals surface area contributed by atoms with Crippen LogP contribution in [0.1, 0.15) is 36.6 Å². The number of imide groups is 1. The van der Waals surface area contributed by atoms with E-state index in [4.69, 9.17) is 4.74 Å². The van der Waals surface area contributed by atoms with Gasteiger partial charge in [-0.15, -0.1) is 0 Å². The standard InChI is InChI=1S/C22H13N3O6/c26-20-16-8-4-5-9-17(16)21(27)24(20)23-13-14-10-11-19(18(12-14)25(29)30)31-22(28)15-6-2-1-3-7-15/h1-13H/b23-13-. The summed E-state index contributed by atoms with van der Waals surface area (Å²) in [7, 11) is 0. The fraction of sp³-hybridized carbons (Fsp3) is 0. The average molecular weight is 415 g/mol. The Morgan fingerprint density at radius 2 is 1.55 bits per heavy atom. The van der Waals surface area contributed by atoms with E-state index in [0.29, 0.717) is 5.01 Å². The zero-order valence-corrected chi connectivity index (χ0v) is 15.8. The van der Waals surface area contributed by atoms with Crippen LogP contribution in [0.15, 0.2) is 77.9 Å². The van der Waals surface area contributed by atoms with Gasteiger partial charge in [0.2, 0.25) is 5.75 Å². The lowest BCUT2D eigenvalue weighted by atomic mass is 10.1. The molecule has 9 nitrogen and oxygen atoms in total. The minimum atomic E-state index is -0.740. The van der Waals surface area contributed by atoms with Crippen molar-refractivity contribution in [1.82, 2.24) is 5.01 Å². The van der Waals surface area contributed by atoms with E-state index >= 15 is 0 Å². The number of nitrogens with zero attached hydrogens (tertiary/aromatic N) is 3. The molecular weight excluding hydrogens is 402 g/mol. The first-order valence-corrected chi connectivity index (χ1v) is 9.03. The molecule has 1 aliphatic heterocycles. The maximum absolute atomic E-state index is 12.3. The molecule has 0 unspecified atom stereocenters. The summed E-state index contributed by atoms with van der Waals surface area (Å²) in [6, 6.07) is 18.2. The summed E-state index contributed by atoms with van der Waals surface area (Å²) in [6.07, 6.45) is 1.15. The molecule has 2 amide bonds. The van der Waals surface area contributed by atoms with Crippen LogP contribution in [-0.4, -0.2) is 33.9 Å². The molecule has 0 saturated heterocycles. The Kier molecular flexibility index (Phi) is 5.07. The summed E-state index contributed by atoms with van der Waals surface area (Å²) in [6.45, 7) is 0. The minimum Gasteiger partial charge on any atom is -0.416 e. The summed E-state index contributed by atoms with van der Waals surface area (Å²) in [5.74, 6) is -2.15. The van der Waals surface area contributed by atoms with Crippen LogP contribution in [0.3, 0.4) is 0 Å². The Bertz CT molecular complexity index is 1220. The number of nitro benzene ring substituents is 1. The summed E-state index contributed by atoms with van der Waals surface area (Å²) < 4.78 is 5.16. The van der Waals surface area contributed by atoms with Crippen LogP contribution in [-0.2, 0) is 0 Å². The molecule has 152 valence electrons. The average Bonchev–Trinajstić information content (AvgIpc) is 3.03. The predicted molar refractivity (Wildman–Crippen MR) is 109 cm³/mol. The second-order valence-electron chi connectivity index (χ2n) is 6.45. The molecule has 3 aromatic carbocycles. The van der Waals surface area contributed by atoms with Crippen molar-refractivity contribution in [1.29, 1.82) is 0 Å². The van der Waals surface area contributed by atoms with Gasteiger partial charge in [-0.05, 0) is 36.4 Å². The summed E-state index contributed by atoms with van der Waals surface area (Å²) in [5.41, 5.74) is 0.490. The van der Waals surface area contributed by atoms with E-state index in [0.717, 1.165) is 12.3 Å². The minimum absolute atomic E-state index is 0.235. The van der Waals surface area contributed by atoms with Gasteiger partial charge in [-0.3, -0.25) is 19.7 Å². The van der Waals surface area contributed by atoms with Crippen LogP contribution in [0.5, 0.6) is 5.75 Å². The van der Waals surface area contributed by atoms with Gasteiger partial charge in [-0.1, -0.05) is 30.3 Å². The fourth-order valence-corrected chi connectivity index (χ4v) is 2.98. The lowest BCUT2D eigenvalue weighted by Crippen LogP contribution is -2.24. The Balaban J connectivity index is 1.57. The SMILES string of the molecule is O=C(Oc1ccc(/C=N\N2C(=O)c3ccccc3C2=O)cc1[N+](=O)[O-])c1ccccc1. The lowest BCUT2D eigenvalue weighted by Gasteiger charge is -2.07. The second kappa shape index (κ2) is 7.99. The fourth-order valence-electron chi connectivity index (χ4n) is 2.98. The monoisotopic (exact) mass is 415 g/mol. The zero-order chi connectivity index (χ0) is 22.0. The van der Waals surface area contributed by atoms with Gasteiger partial charge >= 0.3 is 11.7 Å². The third kappa shape index (κ3) is 3.79. The number of ether oxygens (including phenoxy) is 1.